The topological polar surface area (TPSA) is 76.2 Å². The van der Waals surface area contributed by atoms with Crippen molar-refractivity contribution in [1.29, 1.82) is 5.26 Å². The van der Waals surface area contributed by atoms with E-state index in [-0.39, 0.29) is 55.0 Å². The molecule has 8 heteroatoms. The molecule has 0 spiro atoms. The molecule has 4 atom stereocenters. The Bertz CT molecular complexity index is 939. The van der Waals surface area contributed by atoms with Crippen LogP contribution in [-0.4, -0.2) is 59.4 Å². The van der Waals surface area contributed by atoms with Crippen molar-refractivity contribution < 1.29 is 22.9 Å². The van der Waals surface area contributed by atoms with Gasteiger partial charge in [0.05, 0.1) is 18.0 Å². The fourth-order valence-corrected chi connectivity index (χ4v) is 4.79. The molecule has 2 aliphatic heterocycles. The summed E-state index contributed by atoms with van der Waals surface area (Å²) < 4.78 is 29.9. The Balaban J connectivity index is 1.42. The van der Waals surface area contributed by atoms with E-state index in [0.29, 0.717) is 25.2 Å². The molecule has 4 rings (SSSR count). The van der Waals surface area contributed by atoms with Gasteiger partial charge in [-0.1, -0.05) is 6.07 Å². The van der Waals surface area contributed by atoms with Crippen LogP contribution in [0.3, 0.4) is 0 Å². The number of hydrogen-bond acceptors (Lipinski definition) is 3. The van der Waals surface area contributed by atoms with Crippen LogP contribution in [0.15, 0.2) is 18.2 Å². The van der Waals surface area contributed by atoms with Crippen molar-refractivity contribution >= 4 is 17.5 Å². The third-order valence-corrected chi connectivity index (χ3v) is 6.24. The Morgan fingerprint density at radius 1 is 1.38 bits per heavy atom. The van der Waals surface area contributed by atoms with Gasteiger partial charge in [-0.3, -0.25) is 9.59 Å². The minimum Gasteiger partial charge on any atom is -0.345 e. The molecule has 29 heavy (non-hydrogen) atoms. The van der Waals surface area contributed by atoms with Crippen LogP contribution in [0.2, 0.25) is 0 Å². The molecule has 2 amide bonds. The van der Waals surface area contributed by atoms with Crippen molar-refractivity contribution in [2.45, 2.75) is 37.9 Å². The number of amides is 2. The number of carbonyl (C=O) groups excluding carboxylic acids is 2. The highest BCUT2D eigenvalue weighted by Crippen LogP contribution is 2.50. The number of alkyl halides is 1. The monoisotopic (exact) mass is 401 g/mol. The van der Waals surface area contributed by atoms with E-state index in [4.69, 9.17) is 5.26 Å². The maximum Gasteiger partial charge on any atom is 0.240 e. The first-order valence-corrected chi connectivity index (χ1v) is 9.93. The highest BCUT2D eigenvalue weighted by atomic mass is 19.1. The van der Waals surface area contributed by atoms with E-state index < -0.39 is 6.17 Å². The molecule has 1 fully saturated rings. The van der Waals surface area contributed by atoms with Crippen LogP contribution in [0.25, 0.3) is 0 Å². The number of nitriles is 1. The summed E-state index contributed by atoms with van der Waals surface area (Å²) in [6.07, 6.45) is -0.573. The lowest BCUT2D eigenvalue weighted by molar-refractivity contribution is -0.537. The van der Waals surface area contributed by atoms with Crippen molar-refractivity contribution in [1.82, 2.24) is 10.2 Å². The summed E-state index contributed by atoms with van der Waals surface area (Å²) in [4.78, 5) is 26.6. The van der Waals surface area contributed by atoms with E-state index in [2.05, 4.69) is 11.4 Å². The van der Waals surface area contributed by atoms with Crippen LogP contribution in [0.5, 0.6) is 0 Å². The van der Waals surface area contributed by atoms with Crippen LogP contribution in [0.4, 0.5) is 8.78 Å². The summed E-state index contributed by atoms with van der Waals surface area (Å²) >= 11 is 0. The number of fused-ring (bicyclic) bond motifs is 5. The van der Waals surface area contributed by atoms with Gasteiger partial charge in [-0.05, 0) is 36.6 Å². The van der Waals surface area contributed by atoms with Gasteiger partial charge in [0.1, 0.15) is 31.4 Å². The zero-order valence-corrected chi connectivity index (χ0v) is 16.2. The molecule has 1 N–H and O–H groups in total. The van der Waals surface area contributed by atoms with Crippen molar-refractivity contribution in [2.75, 3.05) is 26.2 Å². The number of rotatable bonds is 5. The van der Waals surface area contributed by atoms with Gasteiger partial charge in [0.15, 0.2) is 12.7 Å². The molecular formula is C21H23F2N4O2+. The van der Waals surface area contributed by atoms with Crippen molar-refractivity contribution in [2.24, 2.45) is 5.92 Å². The van der Waals surface area contributed by atoms with Gasteiger partial charge in [0.2, 0.25) is 17.5 Å². The Morgan fingerprint density at radius 2 is 2.17 bits per heavy atom. The lowest BCUT2D eigenvalue weighted by Gasteiger charge is -2.28. The third-order valence-electron chi connectivity index (χ3n) is 6.24. The Hall–Kier alpha value is -2.82. The number of halogens is 2. The molecule has 1 aromatic carbocycles. The first-order chi connectivity index (χ1) is 13.9. The maximum absolute atomic E-state index is 14.5. The minimum atomic E-state index is -1.27. The molecule has 2 unspecified atom stereocenters. The van der Waals surface area contributed by atoms with Crippen molar-refractivity contribution in [3.8, 4) is 6.07 Å². The first kappa shape index (κ1) is 19.5. The Labute approximate surface area is 167 Å². The van der Waals surface area contributed by atoms with Crippen LogP contribution in [0, 0.1) is 23.1 Å². The predicted molar refractivity (Wildman–Crippen MR) is 101 cm³/mol. The molecule has 1 aliphatic carbocycles. The van der Waals surface area contributed by atoms with Crippen LogP contribution in [-0.2, 0) is 9.59 Å². The zero-order chi connectivity index (χ0) is 20.7. The van der Waals surface area contributed by atoms with E-state index >= 15 is 0 Å². The summed E-state index contributed by atoms with van der Waals surface area (Å²) in [5, 5.41) is 11.8. The minimum absolute atomic E-state index is 0.0489. The van der Waals surface area contributed by atoms with Crippen molar-refractivity contribution in [3.63, 3.8) is 0 Å². The van der Waals surface area contributed by atoms with Crippen molar-refractivity contribution in [3.05, 3.63) is 35.1 Å². The molecule has 2 heterocycles. The maximum atomic E-state index is 14.5. The Morgan fingerprint density at radius 3 is 2.90 bits per heavy atom. The molecule has 3 aliphatic rings. The standard InChI is InChI=1S/C21H22F2N4O2/c1-2-26-10-12(8-24)5-17(23)19(26)9-25-20(28)11-27-18-7-16(21(27)29)14-4-3-13(22)6-15(14)18/h3-4,6,12,16-18H,2,5,7,9-11H2,1H3/p+1/t12?,16-,17?,18+/m1/s1. The molecule has 0 aromatic heterocycles. The molecular weight excluding hydrogens is 378 g/mol. The molecule has 1 aromatic rings. The van der Waals surface area contributed by atoms with Gasteiger partial charge in [0.25, 0.3) is 0 Å². The first-order valence-electron chi connectivity index (χ1n) is 9.93. The number of carbonyl (C=O) groups is 2. The van der Waals surface area contributed by atoms with Gasteiger partial charge in [-0.15, -0.1) is 0 Å². The van der Waals surface area contributed by atoms with E-state index in [1.807, 2.05) is 6.92 Å². The molecule has 152 valence electrons. The molecule has 0 saturated carbocycles. The smallest absolute Gasteiger partial charge is 0.240 e. The molecule has 1 saturated heterocycles. The van der Waals surface area contributed by atoms with Crippen LogP contribution in [0.1, 0.15) is 42.9 Å². The quantitative estimate of drug-likeness (QED) is 0.763. The lowest BCUT2D eigenvalue weighted by Crippen LogP contribution is -2.48. The summed E-state index contributed by atoms with van der Waals surface area (Å²) in [7, 11) is 0. The average Bonchev–Trinajstić information content (AvgIpc) is 3.22. The largest absolute Gasteiger partial charge is 0.345 e. The van der Waals surface area contributed by atoms with E-state index in [9.17, 15) is 18.4 Å². The van der Waals surface area contributed by atoms with E-state index in [0.717, 1.165) is 11.1 Å². The van der Waals surface area contributed by atoms with Gasteiger partial charge < -0.3 is 10.2 Å². The fraction of sp³-hybridized carbons (Fsp3) is 0.524. The van der Waals surface area contributed by atoms with Crippen LogP contribution < -0.4 is 5.32 Å². The SMILES string of the molecule is CC[N+]1=C(CNC(=O)CN2C(=O)[C@@H]3C[C@H]2c2cc(F)ccc23)C(F)CC(C#N)C1. The van der Waals surface area contributed by atoms with Gasteiger partial charge in [-0.2, -0.15) is 5.26 Å². The van der Waals surface area contributed by atoms with Crippen LogP contribution >= 0.6 is 0 Å². The summed E-state index contributed by atoms with van der Waals surface area (Å²) in [5.41, 5.74) is 2.09. The second-order valence-electron chi connectivity index (χ2n) is 7.88. The predicted octanol–water partition coefficient (Wildman–Crippen LogP) is 1.67. The van der Waals surface area contributed by atoms with Gasteiger partial charge in [-0.25, -0.2) is 13.4 Å². The number of likely N-dealkylation sites (tertiary alicyclic amines) is 1. The lowest BCUT2D eigenvalue weighted by atomic mass is 9.96. The highest BCUT2D eigenvalue weighted by molar-refractivity contribution is 5.94. The average molecular weight is 401 g/mol. The second kappa shape index (κ2) is 7.54. The molecule has 0 radical (unpaired) electrons. The van der Waals surface area contributed by atoms with E-state index in [1.54, 1.807) is 10.6 Å². The van der Waals surface area contributed by atoms with Gasteiger partial charge >= 0.3 is 0 Å². The van der Waals surface area contributed by atoms with E-state index in [1.165, 1.54) is 17.0 Å². The summed E-state index contributed by atoms with van der Waals surface area (Å²) in [6, 6.07) is 6.27. The number of nitrogens with one attached hydrogen (secondary N) is 1. The second-order valence-corrected chi connectivity index (χ2v) is 7.88. The zero-order valence-electron chi connectivity index (χ0n) is 16.2. The normalized spacial score (nSPS) is 27.8. The summed E-state index contributed by atoms with van der Waals surface area (Å²) in [5.74, 6) is -1.52. The number of benzene rings is 1. The fourth-order valence-electron chi connectivity index (χ4n) is 4.79. The van der Waals surface area contributed by atoms with Gasteiger partial charge in [0, 0.05) is 6.42 Å². The molecule has 2 bridgehead atoms. The summed E-state index contributed by atoms with van der Waals surface area (Å²) in [6.45, 7) is 2.81. The number of hydrogen-bond donors (Lipinski definition) is 1. The third kappa shape index (κ3) is 3.39. The highest BCUT2D eigenvalue weighted by Gasteiger charge is 2.49. The molecule has 6 nitrogen and oxygen atoms in total. The number of nitrogens with zero attached hydrogens (tertiary/aromatic N) is 3. The Kier molecular flexibility index (Phi) is 5.07.